The number of aromatic nitrogens is 2. The minimum Gasteiger partial charge on any atom is -0.370 e. The van der Waals surface area contributed by atoms with Gasteiger partial charge in [0.05, 0.1) is 36.4 Å². The van der Waals surface area contributed by atoms with Gasteiger partial charge >= 0.3 is 0 Å². The van der Waals surface area contributed by atoms with Gasteiger partial charge in [0.25, 0.3) is 5.56 Å². The SMILES string of the molecule is CC(=O)c1ccc(NC(=O)CSc2nc3ccccc3c(=O)n2CCC[NH+]2CCOCC2)cc1. The number of ketones is 1. The standard InChI is InChI=1S/C25H28N4O4S/c1-18(30)19-7-9-20(10-8-19)26-23(31)17-34-25-27-22-6-3-2-5-21(22)24(32)29(25)12-4-11-28-13-15-33-16-14-28/h2-3,5-10H,4,11-17H2,1H3,(H,26,31)/p+1. The molecule has 8 nitrogen and oxygen atoms in total. The number of hydrogen-bond donors (Lipinski definition) is 2. The van der Waals surface area contributed by atoms with Crippen molar-refractivity contribution in [3.63, 3.8) is 0 Å². The number of hydrogen-bond acceptors (Lipinski definition) is 6. The average molecular weight is 482 g/mol. The van der Waals surface area contributed by atoms with Crippen LogP contribution in [0.25, 0.3) is 10.9 Å². The topological polar surface area (TPSA) is 94.7 Å². The summed E-state index contributed by atoms with van der Waals surface area (Å²) in [5.74, 6) is -0.107. The molecule has 0 saturated carbocycles. The zero-order valence-electron chi connectivity index (χ0n) is 19.2. The number of amides is 1. The van der Waals surface area contributed by atoms with Gasteiger partial charge in [0.2, 0.25) is 5.91 Å². The predicted molar refractivity (Wildman–Crippen MR) is 133 cm³/mol. The number of carbonyl (C=O) groups is 2. The van der Waals surface area contributed by atoms with Crippen molar-refractivity contribution in [2.75, 3.05) is 43.9 Å². The Bertz CT molecular complexity index is 1220. The third-order valence-corrected chi connectivity index (χ3v) is 6.82. The van der Waals surface area contributed by atoms with Crippen LogP contribution in [-0.4, -0.2) is 59.8 Å². The van der Waals surface area contributed by atoms with Crippen LogP contribution in [0, 0.1) is 0 Å². The summed E-state index contributed by atoms with van der Waals surface area (Å²) in [6.07, 6.45) is 0.845. The Hall–Kier alpha value is -3.01. The Morgan fingerprint density at radius 1 is 1.12 bits per heavy atom. The second kappa shape index (κ2) is 11.4. The summed E-state index contributed by atoms with van der Waals surface area (Å²) in [6, 6.07) is 14.1. The number of anilines is 1. The quantitative estimate of drug-likeness (QED) is 0.274. The number of rotatable bonds is 9. The van der Waals surface area contributed by atoms with Gasteiger partial charge in [-0.15, -0.1) is 0 Å². The molecule has 0 unspecified atom stereocenters. The minimum absolute atomic E-state index is 0.0241. The summed E-state index contributed by atoms with van der Waals surface area (Å²) in [5.41, 5.74) is 1.76. The molecule has 1 aromatic heterocycles. The smallest absolute Gasteiger partial charge is 0.262 e. The molecule has 178 valence electrons. The van der Waals surface area contributed by atoms with Gasteiger partial charge in [-0.05, 0) is 43.3 Å². The molecular weight excluding hydrogens is 452 g/mol. The summed E-state index contributed by atoms with van der Waals surface area (Å²) in [4.78, 5) is 43.4. The Kier molecular flexibility index (Phi) is 8.10. The van der Waals surface area contributed by atoms with E-state index in [2.05, 4.69) is 5.32 Å². The van der Waals surface area contributed by atoms with E-state index in [9.17, 15) is 14.4 Å². The molecule has 3 aromatic rings. The molecule has 34 heavy (non-hydrogen) atoms. The number of ether oxygens (including phenoxy) is 1. The lowest BCUT2D eigenvalue weighted by Crippen LogP contribution is -3.14. The predicted octanol–water partition coefficient (Wildman–Crippen LogP) is 1.64. The molecule has 0 bridgehead atoms. The summed E-state index contributed by atoms with van der Waals surface area (Å²) < 4.78 is 7.12. The molecule has 4 rings (SSSR count). The molecule has 1 saturated heterocycles. The van der Waals surface area contributed by atoms with Crippen molar-refractivity contribution in [1.82, 2.24) is 9.55 Å². The molecule has 0 spiro atoms. The number of quaternary nitrogens is 1. The second-order valence-electron chi connectivity index (χ2n) is 8.30. The lowest BCUT2D eigenvalue weighted by Gasteiger charge is -2.24. The number of carbonyl (C=O) groups excluding carboxylic acids is 2. The molecule has 0 radical (unpaired) electrons. The van der Waals surface area contributed by atoms with Gasteiger partial charge in [-0.1, -0.05) is 23.9 Å². The first kappa shape index (κ1) is 24.1. The molecule has 9 heteroatoms. The van der Waals surface area contributed by atoms with Crippen LogP contribution >= 0.6 is 11.8 Å². The fraction of sp³-hybridized carbons (Fsp3) is 0.360. The Morgan fingerprint density at radius 2 is 1.85 bits per heavy atom. The molecule has 2 heterocycles. The van der Waals surface area contributed by atoms with Gasteiger partial charge in [0, 0.05) is 24.2 Å². The fourth-order valence-electron chi connectivity index (χ4n) is 3.97. The number of benzene rings is 2. The Morgan fingerprint density at radius 3 is 2.59 bits per heavy atom. The van der Waals surface area contributed by atoms with Crippen LogP contribution in [-0.2, 0) is 16.1 Å². The molecule has 0 atom stereocenters. The number of para-hydroxylation sites is 1. The van der Waals surface area contributed by atoms with E-state index >= 15 is 0 Å². The van der Waals surface area contributed by atoms with Crippen molar-refractivity contribution in [3.05, 3.63) is 64.4 Å². The summed E-state index contributed by atoms with van der Waals surface area (Å²) >= 11 is 1.26. The molecule has 1 aliphatic heterocycles. The van der Waals surface area contributed by atoms with E-state index in [1.165, 1.54) is 23.6 Å². The van der Waals surface area contributed by atoms with Gasteiger partial charge in [0.15, 0.2) is 10.9 Å². The summed E-state index contributed by atoms with van der Waals surface area (Å²) in [5, 5.41) is 3.96. The lowest BCUT2D eigenvalue weighted by atomic mass is 10.1. The van der Waals surface area contributed by atoms with Crippen molar-refractivity contribution in [2.24, 2.45) is 0 Å². The van der Waals surface area contributed by atoms with E-state index in [4.69, 9.17) is 9.72 Å². The maximum Gasteiger partial charge on any atom is 0.262 e. The van der Waals surface area contributed by atoms with E-state index in [-0.39, 0.29) is 23.0 Å². The average Bonchev–Trinajstić information content (AvgIpc) is 2.85. The van der Waals surface area contributed by atoms with E-state index < -0.39 is 0 Å². The number of thioether (sulfide) groups is 1. The van der Waals surface area contributed by atoms with E-state index in [1.54, 1.807) is 34.9 Å². The van der Waals surface area contributed by atoms with Crippen LogP contribution in [0.4, 0.5) is 5.69 Å². The number of morpholine rings is 1. The number of fused-ring (bicyclic) bond motifs is 1. The normalized spacial score (nSPS) is 14.3. The first-order valence-corrected chi connectivity index (χ1v) is 12.4. The molecule has 0 aliphatic carbocycles. The molecule has 2 N–H and O–H groups in total. The highest BCUT2D eigenvalue weighted by Gasteiger charge is 2.16. The Balaban J connectivity index is 1.45. The van der Waals surface area contributed by atoms with Crippen LogP contribution < -0.4 is 15.8 Å². The zero-order valence-corrected chi connectivity index (χ0v) is 20.0. The Labute approximate surface area is 202 Å². The van der Waals surface area contributed by atoms with Crippen LogP contribution in [0.2, 0.25) is 0 Å². The lowest BCUT2D eigenvalue weighted by molar-refractivity contribution is -0.908. The largest absolute Gasteiger partial charge is 0.370 e. The third kappa shape index (κ3) is 6.11. The summed E-state index contributed by atoms with van der Waals surface area (Å²) in [7, 11) is 0. The maximum atomic E-state index is 13.2. The van der Waals surface area contributed by atoms with Crippen molar-refractivity contribution >= 4 is 40.0 Å². The van der Waals surface area contributed by atoms with Crippen LogP contribution in [0.1, 0.15) is 23.7 Å². The first-order valence-electron chi connectivity index (χ1n) is 11.5. The minimum atomic E-state index is -0.202. The maximum absolute atomic E-state index is 13.2. The zero-order chi connectivity index (χ0) is 23.9. The molecule has 2 aromatic carbocycles. The number of nitrogens with zero attached hydrogens (tertiary/aromatic N) is 2. The van der Waals surface area contributed by atoms with Crippen LogP contribution in [0.5, 0.6) is 0 Å². The van der Waals surface area contributed by atoms with E-state index in [0.717, 1.165) is 39.3 Å². The van der Waals surface area contributed by atoms with Gasteiger partial charge in [0.1, 0.15) is 13.1 Å². The molecular formula is C25H29N4O4S+. The molecule has 1 aliphatic rings. The van der Waals surface area contributed by atoms with Crippen molar-refractivity contribution < 1.29 is 19.2 Å². The van der Waals surface area contributed by atoms with E-state index in [1.807, 2.05) is 18.2 Å². The van der Waals surface area contributed by atoms with Crippen LogP contribution in [0.3, 0.4) is 0 Å². The fourth-order valence-corrected chi connectivity index (χ4v) is 4.79. The highest BCUT2D eigenvalue weighted by atomic mass is 32.2. The summed E-state index contributed by atoms with van der Waals surface area (Å²) in [6.45, 7) is 6.55. The second-order valence-corrected chi connectivity index (χ2v) is 9.25. The van der Waals surface area contributed by atoms with Gasteiger partial charge < -0.3 is 15.0 Å². The van der Waals surface area contributed by atoms with Gasteiger partial charge in [-0.3, -0.25) is 19.0 Å². The first-order chi connectivity index (χ1) is 16.5. The van der Waals surface area contributed by atoms with Gasteiger partial charge in [-0.25, -0.2) is 4.98 Å². The van der Waals surface area contributed by atoms with Gasteiger partial charge in [-0.2, -0.15) is 0 Å². The monoisotopic (exact) mass is 481 g/mol. The third-order valence-electron chi connectivity index (χ3n) is 5.85. The molecule has 1 amide bonds. The highest BCUT2D eigenvalue weighted by Crippen LogP contribution is 2.19. The van der Waals surface area contributed by atoms with Crippen LogP contribution in [0.15, 0.2) is 58.5 Å². The van der Waals surface area contributed by atoms with Crippen molar-refractivity contribution in [3.8, 4) is 0 Å². The highest BCUT2D eigenvalue weighted by molar-refractivity contribution is 7.99. The number of Topliss-reactive ketones (excluding diaryl/α,β-unsaturated/α-hetero) is 1. The van der Waals surface area contributed by atoms with E-state index in [0.29, 0.717) is 33.9 Å². The van der Waals surface area contributed by atoms with Crippen molar-refractivity contribution in [1.29, 1.82) is 0 Å². The number of nitrogens with one attached hydrogen (secondary N) is 2. The molecule has 1 fully saturated rings. The van der Waals surface area contributed by atoms with Crippen molar-refractivity contribution in [2.45, 2.75) is 25.0 Å².